The largest absolute Gasteiger partial charge is 0.394 e. The molecule has 1 aliphatic rings. The van der Waals surface area contributed by atoms with Crippen LogP contribution in [-0.4, -0.2) is 64.8 Å². The number of rotatable bonds is 3. The van der Waals surface area contributed by atoms with E-state index in [1.165, 1.54) is 7.11 Å². The fourth-order valence-corrected chi connectivity index (χ4v) is 1.31. The van der Waals surface area contributed by atoms with Gasteiger partial charge in [-0.25, -0.2) is 0 Å². The Labute approximate surface area is 75.3 Å². The van der Waals surface area contributed by atoms with E-state index < -0.39 is 30.7 Å². The van der Waals surface area contributed by atoms with Crippen LogP contribution in [0.2, 0.25) is 0 Å². The summed E-state index contributed by atoms with van der Waals surface area (Å²) in [5.41, 5.74) is 0. The quantitative estimate of drug-likeness (QED) is 0.394. The van der Waals surface area contributed by atoms with Crippen molar-refractivity contribution in [2.45, 2.75) is 30.7 Å². The van der Waals surface area contributed by atoms with Crippen molar-refractivity contribution in [3.05, 3.63) is 0 Å². The summed E-state index contributed by atoms with van der Waals surface area (Å²) in [4.78, 5) is 0. The van der Waals surface area contributed by atoms with Gasteiger partial charge in [-0.05, 0) is 0 Å². The first-order chi connectivity index (χ1) is 6.11. The number of aliphatic hydroxyl groups excluding tert-OH is 4. The topological polar surface area (TPSA) is 99.4 Å². The molecule has 0 aliphatic carbocycles. The molecule has 0 spiro atoms. The molecule has 0 unspecified atom stereocenters. The monoisotopic (exact) mass is 194 g/mol. The van der Waals surface area contributed by atoms with E-state index in [0.29, 0.717) is 0 Å². The van der Waals surface area contributed by atoms with E-state index >= 15 is 0 Å². The lowest BCUT2D eigenvalue weighted by atomic mass is 10.1. The lowest BCUT2D eigenvalue weighted by Gasteiger charge is -2.21. The van der Waals surface area contributed by atoms with Gasteiger partial charge in [0, 0.05) is 7.11 Å². The highest BCUT2D eigenvalue weighted by Crippen LogP contribution is 2.23. The Morgan fingerprint density at radius 3 is 2.23 bits per heavy atom. The lowest BCUT2D eigenvalue weighted by Crippen LogP contribution is -2.41. The minimum absolute atomic E-state index is 0.350. The first kappa shape index (κ1) is 10.8. The molecule has 0 bridgehead atoms. The molecule has 0 aromatic rings. The van der Waals surface area contributed by atoms with Crippen LogP contribution in [0.3, 0.4) is 0 Å². The maximum Gasteiger partial charge on any atom is 0.184 e. The van der Waals surface area contributed by atoms with E-state index in [0.717, 1.165) is 0 Å². The van der Waals surface area contributed by atoms with Gasteiger partial charge < -0.3 is 29.9 Å². The Hall–Kier alpha value is -0.240. The minimum atomic E-state index is -1.43. The fraction of sp³-hybridized carbons (Fsp3) is 1.00. The standard InChI is InChI=1S/C7H14O6/c1-12-3(2-8)6-4(9)5(10)7(11)13-6/h3-11H,2H2,1H3/t3-,4-,5-,6+,7-/m1/s1. The van der Waals surface area contributed by atoms with Crippen LogP contribution in [0.5, 0.6) is 0 Å². The first-order valence-corrected chi connectivity index (χ1v) is 3.95. The Morgan fingerprint density at radius 2 is 1.92 bits per heavy atom. The van der Waals surface area contributed by atoms with Gasteiger partial charge in [0.2, 0.25) is 0 Å². The van der Waals surface area contributed by atoms with E-state index in [2.05, 4.69) is 0 Å². The van der Waals surface area contributed by atoms with Gasteiger partial charge in [0.1, 0.15) is 24.4 Å². The molecule has 1 saturated heterocycles. The van der Waals surface area contributed by atoms with Gasteiger partial charge in [-0.2, -0.15) is 0 Å². The smallest absolute Gasteiger partial charge is 0.184 e. The molecule has 6 nitrogen and oxygen atoms in total. The second-order valence-electron chi connectivity index (χ2n) is 2.93. The van der Waals surface area contributed by atoms with Crippen LogP contribution in [-0.2, 0) is 9.47 Å². The van der Waals surface area contributed by atoms with Crippen LogP contribution < -0.4 is 0 Å². The summed E-state index contributed by atoms with van der Waals surface area (Å²) in [7, 11) is 1.34. The van der Waals surface area contributed by atoms with Gasteiger partial charge in [0.15, 0.2) is 6.29 Å². The maximum absolute atomic E-state index is 9.33. The molecule has 78 valence electrons. The number of hydrogen-bond acceptors (Lipinski definition) is 6. The summed E-state index contributed by atoms with van der Waals surface area (Å²) in [5.74, 6) is 0. The summed E-state index contributed by atoms with van der Waals surface area (Å²) in [6, 6.07) is 0. The zero-order chi connectivity index (χ0) is 10.0. The molecule has 0 radical (unpaired) electrons. The van der Waals surface area contributed by atoms with E-state index in [-0.39, 0.29) is 6.61 Å². The van der Waals surface area contributed by atoms with Crippen LogP contribution in [0, 0.1) is 0 Å². The Morgan fingerprint density at radius 1 is 1.31 bits per heavy atom. The SMILES string of the molecule is CO[C@H](CO)[C@@H]1O[C@@H](O)[C@H](O)[C@H]1O. The second-order valence-corrected chi connectivity index (χ2v) is 2.93. The molecule has 5 atom stereocenters. The maximum atomic E-state index is 9.33. The van der Waals surface area contributed by atoms with E-state index in [4.69, 9.17) is 24.8 Å². The third-order valence-corrected chi connectivity index (χ3v) is 2.12. The van der Waals surface area contributed by atoms with Gasteiger partial charge in [-0.1, -0.05) is 0 Å². The van der Waals surface area contributed by atoms with Gasteiger partial charge in [0.25, 0.3) is 0 Å². The van der Waals surface area contributed by atoms with Crippen molar-refractivity contribution in [1.82, 2.24) is 0 Å². The molecule has 1 aliphatic heterocycles. The highest BCUT2D eigenvalue weighted by atomic mass is 16.7. The number of ether oxygens (including phenoxy) is 2. The predicted molar refractivity (Wildman–Crippen MR) is 40.8 cm³/mol. The molecular formula is C7H14O6. The van der Waals surface area contributed by atoms with Crippen molar-refractivity contribution >= 4 is 0 Å². The molecule has 1 rings (SSSR count). The van der Waals surface area contributed by atoms with Crippen molar-refractivity contribution in [2.24, 2.45) is 0 Å². The van der Waals surface area contributed by atoms with Crippen molar-refractivity contribution in [3.63, 3.8) is 0 Å². The summed E-state index contributed by atoms with van der Waals surface area (Å²) < 4.78 is 9.59. The second kappa shape index (κ2) is 4.32. The summed E-state index contributed by atoms with van der Waals surface area (Å²) in [6.45, 7) is -0.350. The van der Waals surface area contributed by atoms with Gasteiger partial charge in [-0.3, -0.25) is 0 Å². The van der Waals surface area contributed by atoms with Crippen molar-refractivity contribution in [1.29, 1.82) is 0 Å². The molecule has 0 aromatic heterocycles. The number of hydrogen-bond donors (Lipinski definition) is 4. The van der Waals surface area contributed by atoms with E-state index in [9.17, 15) is 5.11 Å². The summed E-state index contributed by atoms with van der Waals surface area (Å²) in [6.07, 6.45) is -5.67. The van der Waals surface area contributed by atoms with Crippen molar-refractivity contribution < 1.29 is 29.9 Å². The fourth-order valence-electron chi connectivity index (χ4n) is 1.31. The minimum Gasteiger partial charge on any atom is -0.394 e. The normalized spacial score (nSPS) is 42.2. The molecule has 6 heteroatoms. The van der Waals surface area contributed by atoms with Crippen LogP contribution in [0.1, 0.15) is 0 Å². The Kier molecular flexibility index (Phi) is 3.60. The summed E-state index contributed by atoms with van der Waals surface area (Å²) >= 11 is 0. The highest BCUT2D eigenvalue weighted by Gasteiger charge is 2.45. The first-order valence-electron chi connectivity index (χ1n) is 3.95. The van der Waals surface area contributed by atoms with Crippen LogP contribution in [0.25, 0.3) is 0 Å². The number of methoxy groups -OCH3 is 1. The Bertz CT molecular complexity index is 157. The van der Waals surface area contributed by atoms with Crippen molar-refractivity contribution in [2.75, 3.05) is 13.7 Å². The van der Waals surface area contributed by atoms with Gasteiger partial charge >= 0.3 is 0 Å². The highest BCUT2D eigenvalue weighted by molar-refractivity contribution is 4.90. The molecule has 13 heavy (non-hydrogen) atoms. The third kappa shape index (κ3) is 1.98. The van der Waals surface area contributed by atoms with Crippen LogP contribution >= 0.6 is 0 Å². The molecule has 0 amide bonds. The Balaban J connectivity index is 2.61. The average molecular weight is 194 g/mol. The molecular weight excluding hydrogens is 180 g/mol. The van der Waals surface area contributed by atoms with Crippen LogP contribution in [0.15, 0.2) is 0 Å². The van der Waals surface area contributed by atoms with Gasteiger partial charge in [-0.15, -0.1) is 0 Å². The third-order valence-electron chi connectivity index (χ3n) is 2.12. The predicted octanol–water partition coefficient (Wildman–Crippen LogP) is -2.57. The molecule has 1 heterocycles. The van der Waals surface area contributed by atoms with Crippen molar-refractivity contribution in [3.8, 4) is 0 Å². The summed E-state index contributed by atoms with van der Waals surface area (Å²) in [5, 5.41) is 36.3. The van der Waals surface area contributed by atoms with Gasteiger partial charge in [0.05, 0.1) is 6.61 Å². The van der Waals surface area contributed by atoms with Crippen LogP contribution in [0.4, 0.5) is 0 Å². The zero-order valence-corrected chi connectivity index (χ0v) is 7.20. The average Bonchev–Trinajstić information content (AvgIpc) is 2.36. The van der Waals surface area contributed by atoms with E-state index in [1.54, 1.807) is 0 Å². The lowest BCUT2D eigenvalue weighted by molar-refractivity contribution is -0.155. The molecule has 1 fully saturated rings. The zero-order valence-electron chi connectivity index (χ0n) is 7.20. The van der Waals surface area contributed by atoms with E-state index in [1.807, 2.05) is 0 Å². The number of aliphatic hydroxyl groups is 4. The molecule has 4 N–H and O–H groups in total. The molecule has 0 saturated carbocycles. The molecule has 0 aromatic carbocycles.